The van der Waals surface area contributed by atoms with Gasteiger partial charge in [0, 0.05) is 18.1 Å². The number of benzene rings is 1. The molecule has 1 unspecified atom stereocenters. The molecule has 17 heteroatoms. The fraction of sp³-hybridized carbons (Fsp3) is 0.387. The number of hydrogen-bond acceptors (Lipinski definition) is 10. The number of likely N-dealkylation sites (tertiary alicyclic amines) is 1. The number of nitriles is 1. The summed E-state index contributed by atoms with van der Waals surface area (Å²) in [6.45, 7) is 2.81. The van der Waals surface area contributed by atoms with Gasteiger partial charge in [0.05, 0.1) is 54.3 Å². The Kier molecular flexibility index (Phi) is 8.43. The lowest BCUT2D eigenvalue weighted by atomic mass is 9.96. The molecule has 0 bridgehead atoms. The predicted molar refractivity (Wildman–Crippen MR) is 157 cm³/mol. The number of imidazole rings is 1. The molecule has 2 aliphatic heterocycles. The van der Waals surface area contributed by atoms with Crippen molar-refractivity contribution in [2.75, 3.05) is 19.7 Å². The molecule has 2 aliphatic rings. The number of pyridine rings is 1. The van der Waals surface area contributed by atoms with Gasteiger partial charge in [-0.25, -0.2) is 14.4 Å². The maximum absolute atomic E-state index is 14.5. The van der Waals surface area contributed by atoms with Crippen LogP contribution in [0, 0.1) is 23.0 Å². The minimum atomic E-state index is -4.66. The van der Waals surface area contributed by atoms with Gasteiger partial charge in [-0.2, -0.15) is 27.8 Å². The summed E-state index contributed by atoms with van der Waals surface area (Å²) in [5, 5.41) is 15.7. The second kappa shape index (κ2) is 12.8. The highest BCUT2D eigenvalue weighted by Crippen LogP contribution is 2.31. The first kappa shape index (κ1) is 31.5. The monoisotopic (exact) mass is 666 g/mol. The normalized spacial score (nSPS) is 17.4. The van der Waals surface area contributed by atoms with Crippen LogP contribution >= 0.6 is 0 Å². The van der Waals surface area contributed by atoms with Crippen LogP contribution in [0.4, 0.5) is 22.0 Å². The molecule has 7 rings (SSSR count). The maximum Gasteiger partial charge on any atom is 0.451 e. The fourth-order valence-corrected chi connectivity index (χ4v) is 5.76. The van der Waals surface area contributed by atoms with Crippen LogP contribution in [0.25, 0.3) is 22.6 Å². The lowest BCUT2D eigenvalue weighted by Crippen LogP contribution is -2.35. The smallest absolute Gasteiger partial charge is 0.451 e. The third kappa shape index (κ3) is 6.53. The number of fused-ring (bicyclic) bond motifs is 1. The van der Waals surface area contributed by atoms with E-state index >= 15 is 0 Å². The van der Waals surface area contributed by atoms with E-state index in [1.807, 2.05) is 10.6 Å². The van der Waals surface area contributed by atoms with E-state index in [-0.39, 0.29) is 47.2 Å². The summed E-state index contributed by atoms with van der Waals surface area (Å²) in [4.78, 5) is 22.1. The number of alkyl halides is 3. The van der Waals surface area contributed by atoms with Gasteiger partial charge in [-0.3, -0.25) is 9.88 Å². The van der Waals surface area contributed by atoms with E-state index in [0.717, 1.165) is 30.0 Å². The number of ether oxygens (including phenoxy) is 2. The van der Waals surface area contributed by atoms with Crippen LogP contribution in [0.3, 0.4) is 0 Å². The number of hydrogen-bond donors (Lipinski definition) is 1. The second-order valence-electron chi connectivity index (χ2n) is 11.6. The Morgan fingerprint density at radius 3 is 2.52 bits per heavy atom. The zero-order valence-electron chi connectivity index (χ0n) is 25.2. The van der Waals surface area contributed by atoms with Crippen LogP contribution in [0.5, 0.6) is 5.88 Å². The molecule has 0 saturated carbocycles. The average molecular weight is 667 g/mol. The Morgan fingerprint density at radius 1 is 1.02 bits per heavy atom. The fourth-order valence-electron chi connectivity index (χ4n) is 5.76. The zero-order chi connectivity index (χ0) is 33.4. The number of halogens is 5. The molecule has 0 radical (unpaired) electrons. The van der Waals surface area contributed by atoms with Crippen LogP contribution in [0.1, 0.15) is 53.8 Å². The molecule has 6 heterocycles. The van der Waals surface area contributed by atoms with E-state index in [4.69, 9.17) is 19.7 Å². The molecule has 12 nitrogen and oxygen atoms in total. The van der Waals surface area contributed by atoms with E-state index in [9.17, 15) is 22.0 Å². The molecular formula is C31H27F5N10O2. The molecule has 1 aromatic carbocycles. The summed E-state index contributed by atoms with van der Waals surface area (Å²) in [5.41, 5.74) is 1.80. The van der Waals surface area contributed by atoms with Crippen LogP contribution in [0.15, 0.2) is 36.7 Å². The van der Waals surface area contributed by atoms with Gasteiger partial charge in [0.15, 0.2) is 5.82 Å². The van der Waals surface area contributed by atoms with E-state index in [1.54, 1.807) is 12.3 Å². The van der Waals surface area contributed by atoms with E-state index < -0.39 is 23.6 Å². The van der Waals surface area contributed by atoms with E-state index in [0.29, 0.717) is 57.0 Å². The van der Waals surface area contributed by atoms with Crippen LogP contribution in [-0.4, -0.2) is 70.4 Å². The van der Waals surface area contributed by atoms with Crippen molar-refractivity contribution in [1.82, 2.24) is 44.6 Å². The first-order chi connectivity index (χ1) is 23.1. The Morgan fingerprint density at radius 2 is 1.83 bits per heavy atom. The Hall–Kier alpha value is -5.08. The topological polar surface area (TPSA) is 144 Å². The van der Waals surface area contributed by atoms with Crippen molar-refractivity contribution >= 4 is 11.0 Å². The highest BCUT2D eigenvalue weighted by Gasteiger charge is 2.36. The summed E-state index contributed by atoms with van der Waals surface area (Å²) >= 11 is 0. The van der Waals surface area contributed by atoms with Gasteiger partial charge in [-0.05, 0) is 50.6 Å². The van der Waals surface area contributed by atoms with Crippen molar-refractivity contribution < 1.29 is 31.4 Å². The number of aromatic amines is 1. The third-order valence-electron chi connectivity index (χ3n) is 8.49. The van der Waals surface area contributed by atoms with Gasteiger partial charge in [0.2, 0.25) is 11.6 Å². The SMILES string of the molecule is N#Cc1ccc(COc2nc(C3CCN(Cc4nc5cc(-c6nnc(C(F)(F)F)[nH]6)ncc5n4CC4CCO4)CC3)ncc2F)c(F)c1. The van der Waals surface area contributed by atoms with Crippen molar-refractivity contribution in [3.8, 4) is 23.5 Å². The summed E-state index contributed by atoms with van der Waals surface area (Å²) < 4.78 is 81.2. The quantitative estimate of drug-likeness (QED) is 0.215. The minimum absolute atomic E-state index is 0.0237. The van der Waals surface area contributed by atoms with Gasteiger partial charge in [-0.1, -0.05) is 6.07 Å². The lowest BCUT2D eigenvalue weighted by Gasteiger charge is -2.32. The lowest BCUT2D eigenvalue weighted by molar-refractivity contribution is -0.144. The highest BCUT2D eigenvalue weighted by molar-refractivity contribution is 5.78. The van der Waals surface area contributed by atoms with Crippen LogP contribution < -0.4 is 4.74 Å². The molecule has 2 saturated heterocycles. The standard InChI is InChI=1S/C31H27F5N10O2/c32-21-9-17(11-37)1-2-19(21)16-48-29-22(33)12-39-27(41-29)18-3-6-45(7-4-18)15-26-40-23-10-24(28-42-30(44-43-28)31(34,35)36)38-13-25(23)46(26)14-20-5-8-47-20/h1-2,9-10,12-13,18,20H,3-8,14-16H2,(H,42,43,44). The molecule has 0 spiro atoms. The summed E-state index contributed by atoms with van der Waals surface area (Å²) in [7, 11) is 0. The third-order valence-corrected chi connectivity index (χ3v) is 8.49. The predicted octanol–water partition coefficient (Wildman–Crippen LogP) is 4.92. The van der Waals surface area contributed by atoms with Crippen molar-refractivity contribution in [3.63, 3.8) is 0 Å². The Labute approximate surface area is 269 Å². The zero-order valence-corrected chi connectivity index (χ0v) is 25.2. The number of H-pyrrole nitrogens is 1. The Bertz CT molecular complexity index is 1990. The van der Waals surface area contributed by atoms with Gasteiger partial charge < -0.3 is 19.0 Å². The molecule has 48 heavy (non-hydrogen) atoms. The van der Waals surface area contributed by atoms with Crippen LogP contribution in [0.2, 0.25) is 0 Å². The molecule has 1 N–H and O–H groups in total. The first-order valence-electron chi connectivity index (χ1n) is 15.2. The molecule has 0 aliphatic carbocycles. The van der Waals surface area contributed by atoms with Gasteiger partial charge in [-0.15, -0.1) is 10.2 Å². The molecule has 248 valence electrons. The number of nitrogens with one attached hydrogen (secondary N) is 1. The minimum Gasteiger partial charge on any atom is -0.471 e. The molecule has 1 atom stereocenters. The van der Waals surface area contributed by atoms with Crippen LogP contribution in [-0.2, 0) is 30.6 Å². The maximum atomic E-state index is 14.5. The summed E-state index contributed by atoms with van der Waals surface area (Å²) in [6, 6.07) is 7.41. The van der Waals surface area contributed by atoms with E-state index in [2.05, 4.69) is 35.0 Å². The van der Waals surface area contributed by atoms with Gasteiger partial charge >= 0.3 is 6.18 Å². The number of aromatic nitrogens is 8. The molecular weight excluding hydrogens is 639 g/mol. The van der Waals surface area contributed by atoms with Crippen molar-refractivity contribution in [1.29, 1.82) is 5.26 Å². The first-order valence-corrected chi connectivity index (χ1v) is 15.2. The number of piperidine rings is 1. The molecule has 5 aromatic rings. The Balaban J connectivity index is 1.04. The molecule has 0 amide bonds. The highest BCUT2D eigenvalue weighted by atomic mass is 19.4. The molecule has 4 aromatic heterocycles. The average Bonchev–Trinajstić information content (AvgIpc) is 3.68. The van der Waals surface area contributed by atoms with E-state index in [1.165, 1.54) is 12.1 Å². The summed E-state index contributed by atoms with van der Waals surface area (Å²) in [5.74, 6) is -1.85. The number of nitrogens with zero attached hydrogens (tertiary/aromatic N) is 9. The second-order valence-corrected chi connectivity index (χ2v) is 11.6. The van der Waals surface area contributed by atoms with Gasteiger partial charge in [0.1, 0.15) is 29.8 Å². The van der Waals surface area contributed by atoms with Crippen molar-refractivity contribution in [3.05, 3.63) is 76.9 Å². The van der Waals surface area contributed by atoms with Gasteiger partial charge in [0.25, 0.3) is 5.88 Å². The van der Waals surface area contributed by atoms with Crippen molar-refractivity contribution in [2.24, 2.45) is 0 Å². The van der Waals surface area contributed by atoms with Crippen molar-refractivity contribution in [2.45, 2.75) is 57.2 Å². The number of rotatable bonds is 9. The largest absolute Gasteiger partial charge is 0.471 e. The summed E-state index contributed by atoms with van der Waals surface area (Å²) in [6.07, 6.45) is 0.251. The molecule has 2 fully saturated rings.